The molecule has 0 spiro atoms. The Bertz CT molecular complexity index is 307. The molecule has 0 rings (SSSR count). The van der Waals surface area contributed by atoms with E-state index >= 15 is 0 Å². The SMILES string of the molecule is CCCCNC(=O)NC(=O)CN(C)CC(=O)OCC. The molecule has 0 aliphatic rings. The molecule has 0 aliphatic carbocycles. The molecule has 3 amide bonds. The molecule has 0 atom stereocenters. The number of hydrogen-bond acceptors (Lipinski definition) is 5. The largest absolute Gasteiger partial charge is 0.465 e. The van der Waals surface area contributed by atoms with Crippen LogP contribution in [-0.4, -0.2) is 56.1 Å². The number of carbonyl (C=O) groups is 3. The van der Waals surface area contributed by atoms with Gasteiger partial charge in [0.2, 0.25) is 5.91 Å². The third-order valence-electron chi connectivity index (χ3n) is 2.19. The number of likely N-dealkylation sites (N-methyl/N-ethyl adjacent to an activating group) is 1. The average molecular weight is 273 g/mol. The van der Waals surface area contributed by atoms with Crippen LogP contribution in [0, 0.1) is 0 Å². The van der Waals surface area contributed by atoms with Gasteiger partial charge in [0.1, 0.15) is 0 Å². The summed E-state index contributed by atoms with van der Waals surface area (Å²) in [7, 11) is 1.60. The van der Waals surface area contributed by atoms with Crippen molar-refractivity contribution in [1.29, 1.82) is 0 Å². The van der Waals surface area contributed by atoms with Crippen LogP contribution in [0.15, 0.2) is 0 Å². The summed E-state index contributed by atoms with van der Waals surface area (Å²) < 4.78 is 4.75. The Labute approximate surface area is 113 Å². The van der Waals surface area contributed by atoms with Gasteiger partial charge in [-0.1, -0.05) is 13.3 Å². The fourth-order valence-corrected chi connectivity index (χ4v) is 1.32. The summed E-state index contributed by atoms with van der Waals surface area (Å²) in [4.78, 5) is 35.4. The van der Waals surface area contributed by atoms with E-state index in [-0.39, 0.29) is 13.1 Å². The van der Waals surface area contributed by atoms with Gasteiger partial charge in [-0.3, -0.25) is 19.8 Å². The minimum atomic E-state index is -0.511. The van der Waals surface area contributed by atoms with Crippen LogP contribution in [0.5, 0.6) is 0 Å². The van der Waals surface area contributed by atoms with Crippen molar-refractivity contribution in [2.45, 2.75) is 26.7 Å². The van der Waals surface area contributed by atoms with Crippen LogP contribution >= 0.6 is 0 Å². The first kappa shape index (κ1) is 17.4. The van der Waals surface area contributed by atoms with Crippen molar-refractivity contribution in [2.24, 2.45) is 0 Å². The van der Waals surface area contributed by atoms with Gasteiger partial charge in [0.15, 0.2) is 0 Å². The smallest absolute Gasteiger partial charge is 0.321 e. The zero-order chi connectivity index (χ0) is 14.7. The number of unbranched alkanes of at least 4 members (excludes halogenated alkanes) is 1. The van der Waals surface area contributed by atoms with Crippen molar-refractivity contribution < 1.29 is 19.1 Å². The molecule has 0 aliphatic heterocycles. The molecule has 0 unspecified atom stereocenters. The van der Waals surface area contributed by atoms with Crippen molar-refractivity contribution in [2.75, 3.05) is 33.3 Å². The van der Waals surface area contributed by atoms with E-state index in [1.54, 1.807) is 14.0 Å². The molecule has 0 heterocycles. The van der Waals surface area contributed by atoms with Gasteiger partial charge in [0.25, 0.3) is 0 Å². The topological polar surface area (TPSA) is 87.7 Å². The summed E-state index contributed by atoms with van der Waals surface area (Å²) in [6.45, 7) is 4.53. The first-order chi connectivity index (χ1) is 8.99. The van der Waals surface area contributed by atoms with Crippen LogP contribution in [0.25, 0.3) is 0 Å². The molecule has 19 heavy (non-hydrogen) atoms. The van der Waals surface area contributed by atoms with Crippen LogP contribution in [0.1, 0.15) is 26.7 Å². The van der Waals surface area contributed by atoms with E-state index in [1.807, 2.05) is 6.92 Å². The maximum Gasteiger partial charge on any atom is 0.321 e. The van der Waals surface area contributed by atoms with Gasteiger partial charge >= 0.3 is 12.0 Å². The molecule has 0 aromatic rings. The summed E-state index contributed by atoms with van der Waals surface area (Å²) >= 11 is 0. The number of rotatable bonds is 8. The lowest BCUT2D eigenvalue weighted by Gasteiger charge is -2.14. The molecule has 2 N–H and O–H groups in total. The van der Waals surface area contributed by atoms with E-state index in [1.165, 1.54) is 4.90 Å². The number of nitrogens with one attached hydrogen (secondary N) is 2. The van der Waals surface area contributed by atoms with E-state index < -0.39 is 17.9 Å². The molecular formula is C12H23N3O4. The third-order valence-corrected chi connectivity index (χ3v) is 2.19. The summed E-state index contributed by atoms with van der Waals surface area (Å²) in [6, 6.07) is -0.511. The number of carbonyl (C=O) groups excluding carboxylic acids is 3. The molecular weight excluding hydrogens is 250 g/mol. The molecule has 0 saturated heterocycles. The lowest BCUT2D eigenvalue weighted by Crippen LogP contribution is -2.44. The van der Waals surface area contributed by atoms with Crippen LogP contribution in [0.3, 0.4) is 0 Å². The van der Waals surface area contributed by atoms with E-state index in [0.717, 1.165) is 12.8 Å². The summed E-state index contributed by atoms with van der Waals surface area (Å²) in [5.74, 6) is -0.856. The number of ether oxygens (including phenoxy) is 1. The summed E-state index contributed by atoms with van der Waals surface area (Å²) in [5.41, 5.74) is 0. The monoisotopic (exact) mass is 273 g/mol. The molecule has 7 nitrogen and oxygen atoms in total. The Morgan fingerprint density at radius 1 is 1.16 bits per heavy atom. The van der Waals surface area contributed by atoms with Crippen molar-refractivity contribution in [3.05, 3.63) is 0 Å². The number of imide groups is 1. The maximum atomic E-state index is 11.5. The van der Waals surface area contributed by atoms with Crippen molar-refractivity contribution >= 4 is 17.9 Å². The lowest BCUT2D eigenvalue weighted by atomic mass is 10.3. The minimum Gasteiger partial charge on any atom is -0.465 e. The molecule has 0 fully saturated rings. The second kappa shape index (κ2) is 10.3. The number of nitrogens with zero attached hydrogens (tertiary/aromatic N) is 1. The van der Waals surface area contributed by atoms with E-state index in [2.05, 4.69) is 10.6 Å². The second-order valence-electron chi connectivity index (χ2n) is 4.13. The summed E-state index contributed by atoms with van der Waals surface area (Å²) in [5, 5.41) is 4.76. The fourth-order valence-electron chi connectivity index (χ4n) is 1.32. The number of amides is 3. The zero-order valence-corrected chi connectivity index (χ0v) is 11.8. The summed E-state index contributed by atoms with van der Waals surface area (Å²) in [6.07, 6.45) is 1.83. The highest BCUT2D eigenvalue weighted by Crippen LogP contribution is 1.86. The Hall–Kier alpha value is -1.63. The van der Waals surface area contributed by atoms with Crippen LogP contribution < -0.4 is 10.6 Å². The van der Waals surface area contributed by atoms with Crippen molar-refractivity contribution in [3.8, 4) is 0 Å². The van der Waals surface area contributed by atoms with Gasteiger partial charge < -0.3 is 10.1 Å². The Morgan fingerprint density at radius 3 is 2.42 bits per heavy atom. The Kier molecular flexibility index (Phi) is 9.42. The molecule has 110 valence electrons. The molecule has 0 radical (unpaired) electrons. The quantitative estimate of drug-likeness (QED) is 0.484. The average Bonchev–Trinajstić information content (AvgIpc) is 2.28. The highest BCUT2D eigenvalue weighted by atomic mass is 16.5. The molecule has 7 heteroatoms. The first-order valence-electron chi connectivity index (χ1n) is 6.41. The van der Waals surface area contributed by atoms with E-state index in [4.69, 9.17) is 4.74 Å². The highest BCUT2D eigenvalue weighted by Gasteiger charge is 2.13. The Balaban J connectivity index is 3.83. The predicted octanol–water partition coefficient (Wildman–Crippen LogP) is 0.107. The second-order valence-corrected chi connectivity index (χ2v) is 4.13. The minimum absolute atomic E-state index is 0.0126. The molecule has 0 aromatic carbocycles. The first-order valence-corrected chi connectivity index (χ1v) is 6.41. The number of hydrogen-bond donors (Lipinski definition) is 2. The van der Waals surface area contributed by atoms with Crippen LogP contribution in [-0.2, 0) is 14.3 Å². The van der Waals surface area contributed by atoms with Gasteiger partial charge in [0.05, 0.1) is 19.7 Å². The normalized spacial score (nSPS) is 10.1. The highest BCUT2D eigenvalue weighted by molar-refractivity contribution is 5.95. The standard InChI is InChI=1S/C12H23N3O4/c1-4-6-7-13-12(18)14-10(16)8-15(3)9-11(17)19-5-2/h4-9H2,1-3H3,(H2,13,14,16,18). The number of esters is 1. The molecule has 0 saturated carbocycles. The zero-order valence-electron chi connectivity index (χ0n) is 11.8. The fraction of sp³-hybridized carbons (Fsp3) is 0.750. The van der Waals surface area contributed by atoms with E-state index in [9.17, 15) is 14.4 Å². The van der Waals surface area contributed by atoms with Gasteiger partial charge in [-0.25, -0.2) is 4.79 Å². The van der Waals surface area contributed by atoms with Gasteiger partial charge in [-0.05, 0) is 20.4 Å². The van der Waals surface area contributed by atoms with Gasteiger partial charge in [-0.2, -0.15) is 0 Å². The maximum absolute atomic E-state index is 11.5. The Morgan fingerprint density at radius 2 is 1.84 bits per heavy atom. The van der Waals surface area contributed by atoms with Crippen LogP contribution in [0.2, 0.25) is 0 Å². The van der Waals surface area contributed by atoms with Gasteiger partial charge in [-0.15, -0.1) is 0 Å². The lowest BCUT2D eigenvalue weighted by molar-refractivity contribution is -0.144. The third kappa shape index (κ3) is 10.0. The van der Waals surface area contributed by atoms with Crippen molar-refractivity contribution in [1.82, 2.24) is 15.5 Å². The molecule has 0 aromatic heterocycles. The van der Waals surface area contributed by atoms with Crippen molar-refractivity contribution in [3.63, 3.8) is 0 Å². The predicted molar refractivity (Wildman–Crippen MR) is 70.6 cm³/mol. The van der Waals surface area contributed by atoms with Crippen LogP contribution in [0.4, 0.5) is 4.79 Å². The number of urea groups is 1. The molecule has 0 bridgehead atoms. The van der Waals surface area contributed by atoms with Gasteiger partial charge in [0, 0.05) is 6.54 Å². The van der Waals surface area contributed by atoms with E-state index in [0.29, 0.717) is 13.2 Å².